The molecule has 1 amide bonds. The van der Waals surface area contributed by atoms with Gasteiger partial charge in [0.1, 0.15) is 17.0 Å². The van der Waals surface area contributed by atoms with E-state index in [-0.39, 0.29) is 5.82 Å². The van der Waals surface area contributed by atoms with Gasteiger partial charge < -0.3 is 19.5 Å². The van der Waals surface area contributed by atoms with Crippen LogP contribution in [0, 0.1) is 5.82 Å². The van der Waals surface area contributed by atoms with E-state index in [9.17, 15) is 9.18 Å². The van der Waals surface area contributed by atoms with E-state index in [2.05, 4.69) is 15.5 Å². The van der Waals surface area contributed by atoms with Crippen LogP contribution in [0.3, 0.4) is 0 Å². The molecule has 148 valence electrons. The van der Waals surface area contributed by atoms with Crippen LogP contribution in [0.2, 0.25) is 0 Å². The van der Waals surface area contributed by atoms with Gasteiger partial charge >= 0.3 is 6.09 Å². The van der Waals surface area contributed by atoms with Crippen molar-refractivity contribution in [1.29, 1.82) is 0 Å². The molecule has 1 aromatic carbocycles. The first kappa shape index (κ1) is 20.7. The molecule has 0 aliphatic carbocycles. The number of ether oxygens (including phenoxy) is 1. The van der Waals surface area contributed by atoms with Gasteiger partial charge in [-0.2, -0.15) is 4.98 Å². The van der Waals surface area contributed by atoms with E-state index in [0.29, 0.717) is 24.8 Å². The van der Waals surface area contributed by atoms with Gasteiger partial charge in [-0.1, -0.05) is 11.2 Å². The predicted molar refractivity (Wildman–Crippen MR) is 99.8 cm³/mol. The van der Waals surface area contributed by atoms with Gasteiger partial charge in [0.2, 0.25) is 5.89 Å². The van der Waals surface area contributed by atoms with Gasteiger partial charge in [0.15, 0.2) is 5.82 Å². The van der Waals surface area contributed by atoms with E-state index < -0.39 is 17.2 Å². The van der Waals surface area contributed by atoms with E-state index in [1.165, 1.54) is 12.1 Å². The fraction of sp³-hybridized carbons (Fsp3) is 0.526. The lowest BCUT2D eigenvalue weighted by Gasteiger charge is -2.26. The second-order valence-electron chi connectivity index (χ2n) is 7.76. The lowest BCUT2D eigenvalue weighted by Crippen LogP contribution is -2.44. The van der Waals surface area contributed by atoms with Gasteiger partial charge in [-0.3, -0.25) is 0 Å². The number of nitrogens with one attached hydrogen (secondary N) is 1. The summed E-state index contributed by atoms with van der Waals surface area (Å²) >= 11 is 0. The van der Waals surface area contributed by atoms with Gasteiger partial charge in [0.25, 0.3) is 0 Å². The zero-order valence-electron chi connectivity index (χ0n) is 16.7. The standard InChI is InChI=1S/C19H27FN4O3/c1-7-24(14-10-8-9-13(20)11-14)12-15-21-16(23-27-15)19(5,6)22-17(25)26-18(2,3)4/h8-11H,7,12H2,1-6H3,(H,22,25). The van der Waals surface area contributed by atoms with Gasteiger partial charge in [0.05, 0.1) is 6.54 Å². The summed E-state index contributed by atoms with van der Waals surface area (Å²) in [5.41, 5.74) is -0.752. The molecule has 0 bridgehead atoms. The zero-order chi connectivity index (χ0) is 20.2. The fourth-order valence-corrected chi connectivity index (χ4v) is 2.41. The molecule has 0 fully saturated rings. The molecule has 1 N–H and O–H groups in total. The van der Waals surface area contributed by atoms with E-state index >= 15 is 0 Å². The predicted octanol–water partition coefficient (Wildman–Crippen LogP) is 4.00. The normalized spacial score (nSPS) is 12.0. The molecule has 0 saturated carbocycles. The van der Waals surface area contributed by atoms with Crippen molar-refractivity contribution in [2.45, 2.75) is 59.2 Å². The molecule has 27 heavy (non-hydrogen) atoms. The molecule has 7 nitrogen and oxygen atoms in total. The first-order chi connectivity index (χ1) is 12.5. The van der Waals surface area contributed by atoms with E-state index in [0.717, 1.165) is 5.69 Å². The molecule has 8 heteroatoms. The highest BCUT2D eigenvalue weighted by atomic mass is 19.1. The number of hydrogen-bond acceptors (Lipinski definition) is 6. The second-order valence-corrected chi connectivity index (χ2v) is 7.76. The van der Waals surface area contributed by atoms with Gasteiger partial charge in [-0.05, 0) is 59.7 Å². The zero-order valence-corrected chi connectivity index (χ0v) is 16.7. The molecule has 0 aliphatic rings. The monoisotopic (exact) mass is 378 g/mol. The number of aromatic nitrogens is 2. The van der Waals surface area contributed by atoms with Crippen molar-refractivity contribution >= 4 is 11.8 Å². The number of amides is 1. The Morgan fingerprint density at radius 3 is 2.59 bits per heavy atom. The third kappa shape index (κ3) is 5.94. The molecule has 0 spiro atoms. The lowest BCUT2D eigenvalue weighted by atomic mass is 10.1. The first-order valence-electron chi connectivity index (χ1n) is 8.85. The maximum atomic E-state index is 13.5. The van der Waals surface area contributed by atoms with Crippen molar-refractivity contribution < 1.29 is 18.4 Å². The summed E-state index contributed by atoms with van der Waals surface area (Å²) in [7, 11) is 0. The van der Waals surface area contributed by atoms with Gasteiger partial charge in [0, 0.05) is 12.2 Å². The smallest absolute Gasteiger partial charge is 0.408 e. The maximum Gasteiger partial charge on any atom is 0.408 e. The van der Waals surface area contributed by atoms with Crippen molar-refractivity contribution in [2.75, 3.05) is 11.4 Å². The van der Waals surface area contributed by atoms with E-state index in [1.807, 2.05) is 17.9 Å². The Bertz CT molecular complexity index is 783. The number of nitrogens with zero attached hydrogens (tertiary/aromatic N) is 3. The third-order valence-electron chi connectivity index (χ3n) is 3.72. The minimum atomic E-state index is -0.875. The second kappa shape index (κ2) is 7.94. The third-order valence-corrected chi connectivity index (χ3v) is 3.72. The Hall–Kier alpha value is -2.64. The molecular weight excluding hydrogens is 351 g/mol. The first-order valence-corrected chi connectivity index (χ1v) is 8.85. The highest BCUT2D eigenvalue weighted by molar-refractivity contribution is 5.68. The van der Waals surface area contributed by atoms with Crippen LogP contribution >= 0.6 is 0 Å². The van der Waals surface area contributed by atoms with Gasteiger partial charge in [-0.25, -0.2) is 9.18 Å². The summed E-state index contributed by atoms with van der Waals surface area (Å²) in [5, 5.41) is 6.72. The quantitative estimate of drug-likeness (QED) is 0.818. The summed E-state index contributed by atoms with van der Waals surface area (Å²) in [6.07, 6.45) is -0.561. The SMILES string of the molecule is CCN(Cc1nc(C(C)(C)NC(=O)OC(C)(C)C)no1)c1cccc(F)c1. The molecule has 2 rings (SSSR count). The molecule has 1 aromatic heterocycles. The highest BCUT2D eigenvalue weighted by Crippen LogP contribution is 2.21. The van der Waals surface area contributed by atoms with E-state index in [1.54, 1.807) is 40.7 Å². The molecule has 0 saturated heterocycles. The van der Waals surface area contributed by atoms with Crippen molar-refractivity contribution in [3.05, 3.63) is 41.8 Å². The number of carbonyl (C=O) groups is 1. The molecular formula is C19H27FN4O3. The van der Waals surface area contributed by atoms with Crippen LogP contribution in [-0.2, 0) is 16.8 Å². The Balaban J connectivity index is 2.09. The van der Waals surface area contributed by atoms with Crippen molar-refractivity contribution in [3.63, 3.8) is 0 Å². The molecule has 0 atom stereocenters. The van der Waals surface area contributed by atoms with Crippen LogP contribution in [0.1, 0.15) is 53.3 Å². The number of rotatable bonds is 6. The highest BCUT2D eigenvalue weighted by Gasteiger charge is 2.31. The average molecular weight is 378 g/mol. The number of anilines is 1. The van der Waals surface area contributed by atoms with Crippen LogP contribution in [0.5, 0.6) is 0 Å². The van der Waals surface area contributed by atoms with Crippen molar-refractivity contribution in [2.24, 2.45) is 0 Å². The molecule has 0 radical (unpaired) electrons. The summed E-state index contributed by atoms with van der Waals surface area (Å²) in [6, 6.07) is 6.32. The Morgan fingerprint density at radius 2 is 2.00 bits per heavy atom. The van der Waals surface area contributed by atoms with Crippen LogP contribution in [-0.4, -0.2) is 28.4 Å². The molecule has 1 heterocycles. The Morgan fingerprint density at radius 1 is 1.30 bits per heavy atom. The summed E-state index contributed by atoms with van der Waals surface area (Å²) < 4.78 is 24.1. The van der Waals surface area contributed by atoms with Gasteiger partial charge in [-0.15, -0.1) is 0 Å². The van der Waals surface area contributed by atoms with Crippen LogP contribution in [0.25, 0.3) is 0 Å². The largest absolute Gasteiger partial charge is 0.444 e. The average Bonchev–Trinajstić information content (AvgIpc) is 2.99. The Labute approximate surface area is 158 Å². The topological polar surface area (TPSA) is 80.5 Å². The minimum Gasteiger partial charge on any atom is -0.444 e. The number of carbonyl (C=O) groups excluding carboxylic acids is 1. The maximum absolute atomic E-state index is 13.5. The van der Waals surface area contributed by atoms with Crippen LogP contribution in [0.15, 0.2) is 28.8 Å². The number of halogens is 1. The van der Waals surface area contributed by atoms with E-state index in [4.69, 9.17) is 9.26 Å². The molecule has 0 aliphatic heterocycles. The summed E-state index contributed by atoms with van der Waals surface area (Å²) in [5.74, 6) is 0.397. The van der Waals surface area contributed by atoms with Crippen LogP contribution in [0.4, 0.5) is 14.9 Å². The number of hydrogen-bond donors (Lipinski definition) is 1. The van der Waals surface area contributed by atoms with Crippen molar-refractivity contribution in [3.8, 4) is 0 Å². The molecule has 2 aromatic rings. The van der Waals surface area contributed by atoms with Crippen molar-refractivity contribution in [1.82, 2.24) is 15.5 Å². The minimum absolute atomic E-state index is 0.306. The lowest BCUT2D eigenvalue weighted by molar-refractivity contribution is 0.0465. The molecule has 0 unspecified atom stereocenters. The summed E-state index contributed by atoms with van der Waals surface area (Å²) in [4.78, 5) is 18.3. The van der Waals surface area contributed by atoms with Crippen LogP contribution < -0.4 is 10.2 Å². The number of benzene rings is 1. The summed E-state index contributed by atoms with van der Waals surface area (Å²) in [6.45, 7) is 11.8. The Kier molecular flexibility index (Phi) is 6.08. The number of alkyl carbamates (subject to hydrolysis) is 1. The fourth-order valence-electron chi connectivity index (χ4n) is 2.41.